The molecule has 2 rings (SSSR count). The molecule has 19 heavy (non-hydrogen) atoms. The quantitative estimate of drug-likeness (QED) is 0.853. The number of nitrogens with zero attached hydrogens (tertiary/aromatic N) is 2. The molecule has 0 saturated carbocycles. The third kappa shape index (κ3) is 3.69. The van der Waals surface area contributed by atoms with Crippen LogP contribution in [0.5, 0.6) is 5.75 Å². The van der Waals surface area contributed by atoms with E-state index in [0.29, 0.717) is 18.8 Å². The van der Waals surface area contributed by atoms with Gasteiger partial charge in [-0.2, -0.15) is 5.26 Å². The maximum Gasteiger partial charge on any atom is 0.142 e. The predicted molar refractivity (Wildman–Crippen MR) is 73.2 cm³/mol. The summed E-state index contributed by atoms with van der Waals surface area (Å²) in [6.07, 6.45) is 1.59. The number of hydrogen-bond acceptors (Lipinski definition) is 5. The lowest BCUT2D eigenvalue weighted by molar-refractivity contribution is 0.328. The Kier molecular flexibility index (Phi) is 4.32. The van der Waals surface area contributed by atoms with Gasteiger partial charge >= 0.3 is 0 Å². The number of hydrogen-bond donors (Lipinski definition) is 2. The molecule has 0 atom stereocenters. The summed E-state index contributed by atoms with van der Waals surface area (Å²) >= 11 is 0. The molecule has 0 spiro atoms. The Bertz CT molecular complexity index is 592. The summed E-state index contributed by atoms with van der Waals surface area (Å²) in [5.74, 6) is 0.755. The molecule has 0 bridgehead atoms. The fourth-order valence-electron chi connectivity index (χ4n) is 1.58. The number of nitrogens with one attached hydrogen (secondary N) is 1. The van der Waals surface area contributed by atoms with Gasteiger partial charge in [0.25, 0.3) is 0 Å². The normalized spacial score (nSPS) is 9.68. The van der Waals surface area contributed by atoms with E-state index >= 15 is 0 Å². The van der Waals surface area contributed by atoms with Crippen LogP contribution in [0.4, 0.5) is 11.4 Å². The summed E-state index contributed by atoms with van der Waals surface area (Å²) in [5.41, 5.74) is 7.45. The van der Waals surface area contributed by atoms with Crippen LogP contribution in [0.3, 0.4) is 0 Å². The lowest BCUT2D eigenvalue weighted by atomic mass is 10.2. The van der Waals surface area contributed by atoms with E-state index in [1.54, 1.807) is 18.3 Å². The number of ether oxygens (including phenoxy) is 1. The van der Waals surface area contributed by atoms with Gasteiger partial charge in [0.2, 0.25) is 0 Å². The Morgan fingerprint density at radius 3 is 2.89 bits per heavy atom. The summed E-state index contributed by atoms with van der Waals surface area (Å²) in [6.45, 7) is 0.963. The van der Waals surface area contributed by atoms with Crippen molar-refractivity contribution in [3.8, 4) is 11.8 Å². The molecule has 0 amide bonds. The van der Waals surface area contributed by atoms with Crippen molar-refractivity contribution in [3.05, 3.63) is 48.3 Å². The second kappa shape index (κ2) is 6.38. The van der Waals surface area contributed by atoms with Gasteiger partial charge in [-0.05, 0) is 24.3 Å². The second-order valence-electron chi connectivity index (χ2n) is 3.83. The van der Waals surface area contributed by atoms with E-state index in [1.165, 1.54) is 0 Å². The monoisotopic (exact) mass is 254 g/mol. The van der Waals surface area contributed by atoms with Crippen molar-refractivity contribution in [2.45, 2.75) is 0 Å². The Morgan fingerprint density at radius 1 is 1.26 bits per heavy atom. The van der Waals surface area contributed by atoms with Crippen LogP contribution in [0.25, 0.3) is 0 Å². The highest BCUT2D eigenvalue weighted by Gasteiger charge is 1.99. The zero-order valence-corrected chi connectivity index (χ0v) is 10.3. The van der Waals surface area contributed by atoms with Gasteiger partial charge in [0.15, 0.2) is 0 Å². The molecular weight excluding hydrogens is 240 g/mol. The van der Waals surface area contributed by atoms with Gasteiger partial charge in [-0.1, -0.05) is 6.07 Å². The summed E-state index contributed by atoms with van der Waals surface area (Å²) in [6, 6.07) is 13.0. The topological polar surface area (TPSA) is 84.0 Å². The van der Waals surface area contributed by atoms with Crippen LogP contribution < -0.4 is 15.8 Å². The molecule has 0 fully saturated rings. The molecule has 2 aromatic rings. The Balaban J connectivity index is 2.12. The van der Waals surface area contributed by atoms with Crippen LogP contribution in [-0.2, 0) is 0 Å². The van der Waals surface area contributed by atoms with Crippen molar-refractivity contribution >= 4 is 11.4 Å². The van der Waals surface area contributed by atoms with E-state index in [1.807, 2.05) is 30.3 Å². The molecule has 5 nitrogen and oxygen atoms in total. The predicted octanol–water partition coefficient (Wildman–Crippen LogP) is 2.03. The maximum absolute atomic E-state index is 8.80. The highest BCUT2D eigenvalue weighted by Crippen LogP contribution is 2.21. The molecule has 0 saturated heterocycles. The first-order valence-electron chi connectivity index (χ1n) is 5.88. The minimum atomic E-state index is 0.375. The van der Waals surface area contributed by atoms with E-state index in [0.717, 1.165) is 17.1 Å². The molecule has 0 radical (unpaired) electrons. The lowest BCUT2D eigenvalue weighted by Crippen LogP contribution is -2.10. The first-order valence-corrected chi connectivity index (χ1v) is 5.88. The van der Waals surface area contributed by atoms with Crippen LogP contribution in [-0.4, -0.2) is 18.1 Å². The standard InChI is InChI=1S/C14H14N4O/c15-5-7-19-14-3-1-2-11(9-14)18-12-4-6-17-13(8-12)10-16/h1-4,6,8-9H,5,7,15H2,(H,17,18). The first kappa shape index (κ1) is 12.9. The smallest absolute Gasteiger partial charge is 0.142 e. The molecule has 3 N–H and O–H groups in total. The second-order valence-corrected chi connectivity index (χ2v) is 3.83. The summed E-state index contributed by atoms with van der Waals surface area (Å²) in [7, 11) is 0. The van der Waals surface area contributed by atoms with E-state index in [9.17, 15) is 0 Å². The molecular formula is C14H14N4O. The SMILES string of the molecule is N#Cc1cc(Nc2cccc(OCCN)c2)ccn1. The van der Waals surface area contributed by atoms with Gasteiger partial charge < -0.3 is 15.8 Å². The molecule has 96 valence electrons. The van der Waals surface area contributed by atoms with Gasteiger partial charge in [-0.3, -0.25) is 0 Å². The van der Waals surface area contributed by atoms with Crippen molar-refractivity contribution in [1.82, 2.24) is 4.98 Å². The largest absolute Gasteiger partial charge is 0.492 e. The molecule has 1 heterocycles. The number of rotatable bonds is 5. The summed E-state index contributed by atoms with van der Waals surface area (Å²) in [4.78, 5) is 3.92. The maximum atomic E-state index is 8.80. The third-order valence-corrected chi connectivity index (χ3v) is 2.38. The van der Waals surface area contributed by atoms with Crippen molar-refractivity contribution in [1.29, 1.82) is 5.26 Å². The highest BCUT2D eigenvalue weighted by molar-refractivity contribution is 5.61. The van der Waals surface area contributed by atoms with Gasteiger partial charge in [0, 0.05) is 30.2 Å². The number of anilines is 2. The molecule has 0 unspecified atom stereocenters. The first-order chi connectivity index (χ1) is 9.31. The van der Waals surface area contributed by atoms with Crippen molar-refractivity contribution in [2.24, 2.45) is 5.73 Å². The Morgan fingerprint density at radius 2 is 2.11 bits per heavy atom. The van der Waals surface area contributed by atoms with Gasteiger partial charge in [0.05, 0.1) is 0 Å². The van der Waals surface area contributed by atoms with Crippen molar-refractivity contribution in [2.75, 3.05) is 18.5 Å². The third-order valence-electron chi connectivity index (χ3n) is 2.38. The Labute approximate surface area is 111 Å². The van der Waals surface area contributed by atoms with Gasteiger partial charge in [-0.25, -0.2) is 4.98 Å². The molecule has 5 heteroatoms. The summed E-state index contributed by atoms with van der Waals surface area (Å²) < 4.78 is 5.45. The van der Waals surface area contributed by atoms with Gasteiger partial charge in [-0.15, -0.1) is 0 Å². The van der Waals surface area contributed by atoms with Crippen LogP contribution in [0.15, 0.2) is 42.6 Å². The minimum absolute atomic E-state index is 0.375. The number of nitriles is 1. The average Bonchev–Trinajstić information content (AvgIpc) is 2.46. The molecule has 1 aromatic carbocycles. The fourth-order valence-corrected chi connectivity index (χ4v) is 1.58. The van der Waals surface area contributed by atoms with E-state index in [-0.39, 0.29) is 0 Å². The zero-order chi connectivity index (χ0) is 13.5. The van der Waals surface area contributed by atoms with E-state index in [4.69, 9.17) is 15.7 Å². The molecule has 0 aliphatic heterocycles. The molecule has 1 aromatic heterocycles. The highest BCUT2D eigenvalue weighted by atomic mass is 16.5. The number of pyridine rings is 1. The number of benzene rings is 1. The van der Waals surface area contributed by atoms with E-state index in [2.05, 4.69) is 10.3 Å². The van der Waals surface area contributed by atoms with Crippen molar-refractivity contribution < 1.29 is 4.74 Å². The number of nitrogens with two attached hydrogens (primary N) is 1. The van der Waals surface area contributed by atoms with Crippen LogP contribution in [0.1, 0.15) is 5.69 Å². The minimum Gasteiger partial charge on any atom is -0.492 e. The number of aromatic nitrogens is 1. The lowest BCUT2D eigenvalue weighted by Gasteiger charge is -2.09. The molecule has 0 aliphatic rings. The fraction of sp³-hybridized carbons (Fsp3) is 0.143. The van der Waals surface area contributed by atoms with Crippen LogP contribution in [0.2, 0.25) is 0 Å². The zero-order valence-electron chi connectivity index (χ0n) is 10.3. The molecule has 0 aliphatic carbocycles. The van der Waals surface area contributed by atoms with Crippen LogP contribution >= 0.6 is 0 Å². The average molecular weight is 254 g/mol. The summed E-state index contributed by atoms with van der Waals surface area (Å²) in [5, 5.41) is 12.0. The Hall–Kier alpha value is -2.58. The van der Waals surface area contributed by atoms with Crippen molar-refractivity contribution in [3.63, 3.8) is 0 Å². The van der Waals surface area contributed by atoms with E-state index < -0.39 is 0 Å². The van der Waals surface area contributed by atoms with Gasteiger partial charge in [0.1, 0.15) is 24.1 Å². The van der Waals surface area contributed by atoms with Crippen LogP contribution in [0, 0.1) is 11.3 Å².